The highest BCUT2D eigenvalue weighted by atomic mass is 35.5. The predicted octanol–water partition coefficient (Wildman–Crippen LogP) is 2.81. The Morgan fingerprint density at radius 2 is 2.00 bits per heavy atom. The molecule has 0 saturated heterocycles. The topological polar surface area (TPSA) is 53.1 Å². The number of halogens is 1. The van der Waals surface area contributed by atoms with Gasteiger partial charge in [0.05, 0.1) is 6.54 Å². The highest BCUT2D eigenvalue weighted by Gasteiger charge is 2.05. The quantitative estimate of drug-likeness (QED) is 0.925. The van der Waals surface area contributed by atoms with Crippen molar-refractivity contribution in [3.05, 3.63) is 40.5 Å². The number of anilines is 1. The third-order valence-electron chi connectivity index (χ3n) is 2.65. The zero-order chi connectivity index (χ0) is 13.1. The van der Waals surface area contributed by atoms with Gasteiger partial charge in [-0.05, 0) is 43.2 Å². The molecule has 0 amide bonds. The minimum Gasteiger partial charge on any atom is -0.491 e. The average Bonchev–Trinajstić information content (AvgIpc) is 2.68. The number of aromatic nitrogens is 2. The van der Waals surface area contributed by atoms with Gasteiger partial charge < -0.3 is 10.5 Å². The van der Waals surface area contributed by atoms with Gasteiger partial charge in [-0.15, -0.1) is 0 Å². The summed E-state index contributed by atoms with van der Waals surface area (Å²) in [7, 11) is 0. The Morgan fingerprint density at radius 1 is 1.33 bits per heavy atom. The summed E-state index contributed by atoms with van der Waals surface area (Å²) in [5.41, 5.74) is 7.62. The Hall–Kier alpha value is -1.68. The first-order chi connectivity index (χ1) is 8.56. The molecule has 2 aromatic rings. The fourth-order valence-electron chi connectivity index (χ4n) is 1.87. The van der Waals surface area contributed by atoms with Crippen LogP contribution in [0.5, 0.6) is 5.75 Å². The predicted molar refractivity (Wildman–Crippen MR) is 73.1 cm³/mol. The maximum absolute atomic E-state index is 5.97. The van der Waals surface area contributed by atoms with Crippen molar-refractivity contribution >= 4 is 17.4 Å². The maximum Gasteiger partial charge on any atom is 0.145 e. The van der Waals surface area contributed by atoms with E-state index in [0.717, 1.165) is 21.9 Å². The normalized spacial score (nSPS) is 10.6. The molecular formula is C13H16ClN3O. The molecule has 18 heavy (non-hydrogen) atoms. The molecule has 96 valence electrons. The van der Waals surface area contributed by atoms with E-state index in [0.29, 0.717) is 19.0 Å². The van der Waals surface area contributed by atoms with E-state index in [9.17, 15) is 0 Å². The molecule has 1 heterocycles. The first-order valence-electron chi connectivity index (χ1n) is 5.75. The van der Waals surface area contributed by atoms with Crippen LogP contribution < -0.4 is 10.5 Å². The lowest BCUT2D eigenvalue weighted by Gasteiger charge is -2.12. The molecule has 2 rings (SSSR count). The number of nitrogens with two attached hydrogens (primary N) is 1. The lowest BCUT2D eigenvalue weighted by molar-refractivity contribution is 0.288. The zero-order valence-corrected chi connectivity index (χ0v) is 11.2. The van der Waals surface area contributed by atoms with Crippen molar-refractivity contribution in [3.63, 3.8) is 0 Å². The number of hydrogen-bond donors (Lipinski definition) is 1. The van der Waals surface area contributed by atoms with Gasteiger partial charge in [0.25, 0.3) is 0 Å². The summed E-state index contributed by atoms with van der Waals surface area (Å²) in [4.78, 5) is 0. The summed E-state index contributed by atoms with van der Waals surface area (Å²) in [6.07, 6.45) is 1.83. The standard InChI is InChI=1S/C13H16ClN3O/c1-9-7-11(14)8-10(2)13(9)18-6-5-17-4-3-12(15)16-17/h3-4,7-8H,5-6H2,1-2H3,(H2,15,16). The molecule has 0 spiro atoms. The van der Waals surface area contributed by atoms with Crippen molar-refractivity contribution in [3.8, 4) is 5.75 Å². The van der Waals surface area contributed by atoms with E-state index in [2.05, 4.69) is 5.10 Å². The van der Waals surface area contributed by atoms with Crippen LogP contribution in [0.4, 0.5) is 5.82 Å². The minimum absolute atomic E-state index is 0.522. The number of nitrogen functional groups attached to an aromatic ring is 1. The molecule has 0 fully saturated rings. The van der Waals surface area contributed by atoms with E-state index >= 15 is 0 Å². The van der Waals surface area contributed by atoms with E-state index in [1.54, 1.807) is 10.7 Å². The number of rotatable bonds is 4. The molecule has 0 aliphatic heterocycles. The van der Waals surface area contributed by atoms with Crippen molar-refractivity contribution in [2.24, 2.45) is 0 Å². The molecule has 0 aliphatic rings. The third-order valence-corrected chi connectivity index (χ3v) is 2.87. The van der Waals surface area contributed by atoms with Gasteiger partial charge in [0.1, 0.15) is 18.2 Å². The van der Waals surface area contributed by atoms with Crippen LogP contribution in [0, 0.1) is 13.8 Å². The average molecular weight is 266 g/mol. The fraction of sp³-hybridized carbons (Fsp3) is 0.308. The molecule has 4 nitrogen and oxygen atoms in total. The van der Waals surface area contributed by atoms with Crippen molar-refractivity contribution in [1.29, 1.82) is 0 Å². The second-order valence-corrected chi connectivity index (χ2v) is 4.66. The Bertz CT molecular complexity index is 528. The van der Waals surface area contributed by atoms with Crippen molar-refractivity contribution in [2.45, 2.75) is 20.4 Å². The Morgan fingerprint density at radius 3 is 2.56 bits per heavy atom. The smallest absolute Gasteiger partial charge is 0.145 e. The Kier molecular flexibility index (Phi) is 3.77. The monoisotopic (exact) mass is 265 g/mol. The van der Waals surface area contributed by atoms with E-state index in [4.69, 9.17) is 22.1 Å². The lowest BCUT2D eigenvalue weighted by atomic mass is 10.1. The second-order valence-electron chi connectivity index (χ2n) is 4.22. The molecule has 1 aromatic carbocycles. The van der Waals surface area contributed by atoms with Gasteiger partial charge in [-0.1, -0.05) is 11.6 Å². The van der Waals surface area contributed by atoms with Gasteiger partial charge in [-0.2, -0.15) is 5.10 Å². The van der Waals surface area contributed by atoms with Gasteiger partial charge in [0.15, 0.2) is 0 Å². The first kappa shape index (κ1) is 12.8. The first-order valence-corrected chi connectivity index (χ1v) is 6.12. The summed E-state index contributed by atoms with van der Waals surface area (Å²) >= 11 is 5.97. The fourth-order valence-corrected chi connectivity index (χ4v) is 2.20. The number of benzene rings is 1. The van der Waals surface area contributed by atoms with E-state index < -0.39 is 0 Å². The third kappa shape index (κ3) is 2.96. The number of hydrogen-bond acceptors (Lipinski definition) is 3. The molecule has 1 aromatic heterocycles. The van der Waals surface area contributed by atoms with Gasteiger partial charge in [0, 0.05) is 11.2 Å². The molecule has 0 bridgehead atoms. The van der Waals surface area contributed by atoms with Crippen molar-refractivity contribution in [1.82, 2.24) is 9.78 Å². The van der Waals surface area contributed by atoms with Crippen LogP contribution in [0.3, 0.4) is 0 Å². The molecule has 0 atom stereocenters. The Labute approximate surface area is 111 Å². The van der Waals surface area contributed by atoms with E-state index in [-0.39, 0.29) is 0 Å². The van der Waals surface area contributed by atoms with Gasteiger partial charge in [-0.25, -0.2) is 0 Å². The van der Waals surface area contributed by atoms with Gasteiger partial charge in [0.2, 0.25) is 0 Å². The summed E-state index contributed by atoms with van der Waals surface area (Å²) in [5.74, 6) is 1.41. The van der Waals surface area contributed by atoms with Crippen LogP contribution in [-0.4, -0.2) is 16.4 Å². The van der Waals surface area contributed by atoms with Crippen LogP contribution in [-0.2, 0) is 6.54 Å². The molecule has 2 N–H and O–H groups in total. The second kappa shape index (κ2) is 5.31. The van der Waals surface area contributed by atoms with E-state index in [1.807, 2.05) is 32.2 Å². The minimum atomic E-state index is 0.522. The van der Waals surface area contributed by atoms with Crippen molar-refractivity contribution in [2.75, 3.05) is 12.3 Å². The molecular weight excluding hydrogens is 250 g/mol. The van der Waals surface area contributed by atoms with Crippen LogP contribution in [0.25, 0.3) is 0 Å². The van der Waals surface area contributed by atoms with Crippen LogP contribution in [0.15, 0.2) is 24.4 Å². The number of aryl methyl sites for hydroxylation is 2. The zero-order valence-electron chi connectivity index (χ0n) is 10.5. The summed E-state index contributed by atoms with van der Waals surface area (Å²) in [6.45, 7) is 5.18. The largest absolute Gasteiger partial charge is 0.491 e. The highest BCUT2D eigenvalue weighted by Crippen LogP contribution is 2.26. The van der Waals surface area contributed by atoms with Gasteiger partial charge >= 0.3 is 0 Å². The highest BCUT2D eigenvalue weighted by molar-refractivity contribution is 6.30. The Balaban J connectivity index is 1.98. The SMILES string of the molecule is Cc1cc(Cl)cc(C)c1OCCn1ccc(N)n1. The summed E-state index contributed by atoms with van der Waals surface area (Å²) in [6, 6.07) is 5.56. The summed E-state index contributed by atoms with van der Waals surface area (Å²) < 4.78 is 7.54. The maximum atomic E-state index is 5.97. The number of ether oxygens (including phenoxy) is 1. The van der Waals surface area contributed by atoms with Crippen LogP contribution >= 0.6 is 11.6 Å². The summed E-state index contributed by atoms with van der Waals surface area (Å²) in [5, 5.41) is 4.83. The van der Waals surface area contributed by atoms with Crippen LogP contribution in [0.1, 0.15) is 11.1 Å². The molecule has 0 aliphatic carbocycles. The lowest BCUT2D eigenvalue weighted by Crippen LogP contribution is -2.10. The molecule has 0 saturated carbocycles. The van der Waals surface area contributed by atoms with Crippen LogP contribution in [0.2, 0.25) is 5.02 Å². The van der Waals surface area contributed by atoms with Gasteiger partial charge in [-0.3, -0.25) is 4.68 Å². The van der Waals surface area contributed by atoms with Crippen molar-refractivity contribution < 1.29 is 4.74 Å². The van der Waals surface area contributed by atoms with E-state index in [1.165, 1.54) is 0 Å². The molecule has 5 heteroatoms. The molecule has 0 unspecified atom stereocenters. The number of nitrogens with zero attached hydrogens (tertiary/aromatic N) is 2. The molecule has 0 radical (unpaired) electrons.